The standard InChI is InChI=1S/C18H37N/c1-15(2)10-8-6-7-9-13-19-17-11-12-18(4,5)14-16(17)3/h15-17,19H,6-14H2,1-5H3. The van der Waals surface area contributed by atoms with Gasteiger partial charge in [0.2, 0.25) is 0 Å². The first kappa shape index (κ1) is 17.0. The molecular weight excluding hydrogens is 230 g/mol. The van der Waals surface area contributed by atoms with Crippen molar-refractivity contribution in [2.45, 2.75) is 92.0 Å². The van der Waals surface area contributed by atoms with E-state index in [0.29, 0.717) is 5.41 Å². The Hall–Kier alpha value is -0.0400. The molecule has 0 saturated heterocycles. The molecule has 1 nitrogen and oxygen atoms in total. The van der Waals surface area contributed by atoms with Gasteiger partial charge in [0.05, 0.1) is 0 Å². The lowest BCUT2D eigenvalue weighted by molar-refractivity contribution is 0.149. The van der Waals surface area contributed by atoms with Gasteiger partial charge < -0.3 is 5.32 Å². The molecule has 0 bridgehead atoms. The van der Waals surface area contributed by atoms with Crippen molar-refractivity contribution in [1.29, 1.82) is 0 Å². The summed E-state index contributed by atoms with van der Waals surface area (Å²) in [6, 6.07) is 0.781. The predicted octanol–water partition coefficient (Wildman–Crippen LogP) is 5.40. The smallest absolute Gasteiger partial charge is 0.00930 e. The van der Waals surface area contributed by atoms with Crippen LogP contribution in [0.15, 0.2) is 0 Å². The van der Waals surface area contributed by atoms with Gasteiger partial charge in [0.15, 0.2) is 0 Å². The summed E-state index contributed by atoms with van der Waals surface area (Å²) in [4.78, 5) is 0. The summed E-state index contributed by atoms with van der Waals surface area (Å²) < 4.78 is 0. The van der Waals surface area contributed by atoms with E-state index in [9.17, 15) is 0 Å². The molecular formula is C18H37N. The molecule has 1 aliphatic rings. The zero-order valence-corrected chi connectivity index (χ0v) is 14.1. The molecule has 0 spiro atoms. The maximum Gasteiger partial charge on any atom is 0.00930 e. The zero-order valence-electron chi connectivity index (χ0n) is 14.1. The predicted molar refractivity (Wildman–Crippen MR) is 86.5 cm³/mol. The summed E-state index contributed by atoms with van der Waals surface area (Å²) in [7, 11) is 0. The first-order valence-corrected chi connectivity index (χ1v) is 8.64. The van der Waals surface area contributed by atoms with E-state index in [-0.39, 0.29) is 0 Å². The van der Waals surface area contributed by atoms with Crippen LogP contribution in [0.4, 0.5) is 0 Å². The van der Waals surface area contributed by atoms with Crippen molar-refractivity contribution in [2.75, 3.05) is 6.54 Å². The minimum absolute atomic E-state index is 0.578. The molecule has 1 N–H and O–H groups in total. The second kappa shape index (κ2) is 8.29. The number of hydrogen-bond donors (Lipinski definition) is 1. The number of unbranched alkanes of at least 4 members (excludes halogenated alkanes) is 3. The van der Waals surface area contributed by atoms with Gasteiger partial charge in [0, 0.05) is 6.04 Å². The van der Waals surface area contributed by atoms with Gasteiger partial charge in [0.25, 0.3) is 0 Å². The molecule has 1 fully saturated rings. The van der Waals surface area contributed by atoms with Crippen LogP contribution in [0.2, 0.25) is 0 Å². The van der Waals surface area contributed by atoms with Gasteiger partial charge in [-0.25, -0.2) is 0 Å². The summed E-state index contributed by atoms with van der Waals surface area (Å²) in [5.41, 5.74) is 0.578. The average Bonchev–Trinajstić information content (AvgIpc) is 2.29. The van der Waals surface area contributed by atoms with Crippen LogP contribution in [-0.4, -0.2) is 12.6 Å². The summed E-state index contributed by atoms with van der Waals surface area (Å²) in [6.07, 6.45) is 11.2. The van der Waals surface area contributed by atoms with E-state index >= 15 is 0 Å². The van der Waals surface area contributed by atoms with Gasteiger partial charge in [0.1, 0.15) is 0 Å². The maximum absolute atomic E-state index is 3.81. The molecule has 1 saturated carbocycles. The minimum atomic E-state index is 0.578. The molecule has 2 unspecified atom stereocenters. The van der Waals surface area contributed by atoms with Crippen molar-refractivity contribution in [3.8, 4) is 0 Å². The fraction of sp³-hybridized carbons (Fsp3) is 1.00. The van der Waals surface area contributed by atoms with E-state index in [4.69, 9.17) is 0 Å². The largest absolute Gasteiger partial charge is 0.314 e. The third-order valence-electron chi connectivity index (χ3n) is 4.81. The second-order valence-electron chi connectivity index (χ2n) is 8.04. The lowest BCUT2D eigenvalue weighted by atomic mass is 9.70. The van der Waals surface area contributed by atoms with Crippen LogP contribution < -0.4 is 5.32 Å². The van der Waals surface area contributed by atoms with Crippen molar-refractivity contribution in [3.63, 3.8) is 0 Å². The first-order chi connectivity index (χ1) is 8.91. The molecule has 0 aliphatic heterocycles. The maximum atomic E-state index is 3.81. The highest BCUT2D eigenvalue weighted by Gasteiger charge is 2.31. The summed E-state index contributed by atoms with van der Waals surface area (Å²) in [6.45, 7) is 13.2. The third kappa shape index (κ3) is 7.34. The molecule has 2 atom stereocenters. The molecule has 0 amide bonds. The second-order valence-corrected chi connectivity index (χ2v) is 8.04. The van der Waals surface area contributed by atoms with Crippen molar-refractivity contribution >= 4 is 0 Å². The fourth-order valence-corrected chi connectivity index (χ4v) is 3.57. The lowest BCUT2D eigenvalue weighted by Gasteiger charge is -2.39. The van der Waals surface area contributed by atoms with E-state index < -0.39 is 0 Å². The molecule has 1 aliphatic carbocycles. The summed E-state index contributed by atoms with van der Waals surface area (Å²) in [5, 5.41) is 3.81. The van der Waals surface area contributed by atoms with Gasteiger partial charge >= 0.3 is 0 Å². The summed E-state index contributed by atoms with van der Waals surface area (Å²) in [5.74, 6) is 1.73. The fourth-order valence-electron chi connectivity index (χ4n) is 3.57. The number of nitrogens with one attached hydrogen (secondary N) is 1. The molecule has 0 aromatic heterocycles. The van der Waals surface area contributed by atoms with Crippen LogP contribution in [0.25, 0.3) is 0 Å². The highest BCUT2D eigenvalue weighted by Crippen LogP contribution is 2.38. The van der Waals surface area contributed by atoms with Crippen LogP contribution in [0, 0.1) is 17.3 Å². The Kier molecular flexibility index (Phi) is 7.42. The van der Waals surface area contributed by atoms with Crippen LogP contribution in [0.3, 0.4) is 0 Å². The van der Waals surface area contributed by atoms with E-state index in [1.165, 1.54) is 57.9 Å². The first-order valence-electron chi connectivity index (χ1n) is 8.64. The van der Waals surface area contributed by atoms with E-state index in [2.05, 4.69) is 39.9 Å². The third-order valence-corrected chi connectivity index (χ3v) is 4.81. The highest BCUT2D eigenvalue weighted by atomic mass is 14.9. The van der Waals surface area contributed by atoms with Gasteiger partial charge in [-0.2, -0.15) is 0 Å². The average molecular weight is 268 g/mol. The van der Waals surface area contributed by atoms with E-state index in [1.807, 2.05) is 0 Å². The van der Waals surface area contributed by atoms with Crippen LogP contribution in [0.5, 0.6) is 0 Å². The summed E-state index contributed by atoms with van der Waals surface area (Å²) >= 11 is 0. The van der Waals surface area contributed by atoms with Crippen LogP contribution in [0.1, 0.15) is 86.0 Å². The zero-order chi connectivity index (χ0) is 14.3. The van der Waals surface area contributed by atoms with Gasteiger partial charge in [-0.05, 0) is 49.5 Å². The van der Waals surface area contributed by atoms with Crippen molar-refractivity contribution < 1.29 is 0 Å². The number of hydrogen-bond acceptors (Lipinski definition) is 1. The highest BCUT2D eigenvalue weighted by molar-refractivity contribution is 4.86. The molecule has 1 heteroatoms. The molecule has 0 heterocycles. The Bertz CT molecular complexity index is 232. The van der Waals surface area contributed by atoms with E-state index in [1.54, 1.807) is 0 Å². The van der Waals surface area contributed by atoms with Crippen LogP contribution >= 0.6 is 0 Å². The van der Waals surface area contributed by atoms with Gasteiger partial charge in [-0.3, -0.25) is 0 Å². The Morgan fingerprint density at radius 3 is 2.42 bits per heavy atom. The molecule has 19 heavy (non-hydrogen) atoms. The minimum Gasteiger partial charge on any atom is -0.314 e. The lowest BCUT2D eigenvalue weighted by Crippen LogP contribution is -2.42. The molecule has 0 radical (unpaired) electrons. The van der Waals surface area contributed by atoms with Crippen molar-refractivity contribution in [3.05, 3.63) is 0 Å². The van der Waals surface area contributed by atoms with Crippen molar-refractivity contribution in [1.82, 2.24) is 5.32 Å². The molecule has 114 valence electrons. The normalized spacial score (nSPS) is 26.8. The SMILES string of the molecule is CC(C)CCCCCCNC1CCC(C)(C)CC1C. The Labute approximate surface area is 121 Å². The Morgan fingerprint density at radius 2 is 1.79 bits per heavy atom. The van der Waals surface area contributed by atoms with Crippen LogP contribution in [-0.2, 0) is 0 Å². The Balaban J connectivity index is 2.01. The van der Waals surface area contributed by atoms with Crippen molar-refractivity contribution in [2.24, 2.45) is 17.3 Å². The van der Waals surface area contributed by atoms with Gasteiger partial charge in [-0.1, -0.05) is 60.3 Å². The van der Waals surface area contributed by atoms with E-state index in [0.717, 1.165) is 17.9 Å². The van der Waals surface area contributed by atoms with Gasteiger partial charge in [-0.15, -0.1) is 0 Å². The molecule has 0 aromatic carbocycles. The Morgan fingerprint density at radius 1 is 1.11 bits per heavy atom. The molecule has 1 rings (SSSR count). The molecule has 0 aromatic rings. The number of rotatable bonds is 8. The monoisotopic (exact) mass is 267 g/mol. The quantitative estimate of drug-likeness (QED) is 0.581. The topological polar surface area (TPSA) is 12.0 Å².